The zero-order chi connectivity index (χ0) is 10.7. The van der Waals surface area contributed by atoms with Gasteiger partial charge >= 0.3 is 5.97 Å². The van der Waals surface area contributed by atoms with Crippen LogP contribution in [0, 0.1) is 13.8 Å². The fraction of sp³-hybridized carbons (Fsp3) is 0.500. The first-order valence-electron chi connectivity index (χ1n) is 4.44. The average Bonchev–Trinajstić information content (AvgIpc) is 2.44. The van der Waals surface area contributed by atoms with Crippen molar-refractivity contribution in [3.05, 3.63) is 21.4 Å². The Balaban J connectivity index is 2.64. The van der Waals surface area contributed by atoms with Gasteiger partial charge in [0.1, 0.15) is 6.04 Å². The number of hydrogen-bond acceptors (Lipinski definition) is 4. The van der Waals surface area contributed by atoms with Gasteiger partial charge in [-0.2, -0.15) is 0 Å². The molecule has 1 aromatic rings. The summed E-state index contributed by atoms with van der Waals surface area (Å²) >= 11 is 1.68. The Labute approximate surface area is 87.9 Å². The minimum Gasteiger partial charge on any atom is -0.468 e. The highest BCUT2D eigenvalue weighted by Crippen LogP contribution is 2.21. The van der Waals surface area contributed by atoms with Crippen molar-refractivity contribution in [3.8, 4) is 0 Å². The molecule has 0 aliphatic rings. The zero-order valence-corrected chi connectivity index (χ0v) is 9.48. The SMILES string of the molecule is COC(=O)[C@@H](N)Cc1cc(C)c(C)s1. The van der Waals surface area contributed by atoms with E-state index in [1.54, 1.807) is 11.3 Å². The van der Waals surface area contributed by atoms with Crippen molar-refractivity contribution >= 4 is 17.3 Å². The van der Waals surface area contributed by atoms with Crippen LogP contribution in [0.2, 0.25) is 0 Å². The Hall–Kier alpha value is -0.870. The summed E-state index contributed by atoms with van der Waals surface area (Å²) in [6, 6.07) is 1.53. The molecular formula is C10H15NO2S. The van der Waals surface area contributed by atoms with Crippen molar-refractivity contribution in [1.82, 2.24) is 0 Å². The topological polar surface area (TPSA) is 52.3 Å². The van der Waals surface area contributed by atoms with E-state index in [0.29, 0.717) is 6.42 Å². The highest BCUT2D eigenvalue weighted by Gasteiger charge is 2.15. The van der Waals surface area contributed by atoms with Crippen LogP contribution in [0.15, 0.2) is 6.07 Å². The van der Waals surface area contributed by atoms with Crippen molar-refractivity contribution in [3.63, 3.8) is 0 Å². The Morgan fingerprint density at radius 3 is 2.71 bits per heavy atom. The minimum atomic E-state index is -0.544. The molecule has 1 heterocycles. The molecule has 0 aromatic carbocycles. The largest absolute Gasteiger partial charge is 0.468 e. The van der Waals surface area contributed by atoms with Gasteiger partial charge in [-0.3, -0.25) is 4.79 Å². The van der Waals surface area contributed by atoms with Crippen LogP contribution in [0.5, 0.6) is 0 Å². The van der Waals surface area contributed by atoms with Gasteiger partial charge in [0.2, 0.25) is 0 Å². The molecule has 0 bridgehead atoms. The predicted octanol–water partition coefficient (Wildman–Crippen LogP) is 1.41. The molecule has 1 aromatic heterocycles. The molecular weight excluding hydrogens is 198 g/mol. The van der Waals surface area contributed by atoms with E-state index in [1.165, 1.54) is 17.6 Å². The smallest absolute Gasteiger partial charge is 0.323 e. The molecule has 0 unspecified atom stereocenters. The molecule has 0 spiro atoms. The van der Waals surface area contributed by atoms with Gasteiger partial charge in [-0.1, -0.05) is 0 Å². The van der Waals surface area contributed by atoms with Crippen LogP contribution in [-0.2, 0) is 16.0 Å². The molecule has 0 aliphatic carbocycles. The second-order valence-corrected chi connectivity index (χ2v) is 4.63. The van der Waals surface area contributed by atoms with E-state index in [4.69, 9.17) is 5.73 Å². The lowest BCUT2D eigenvalue weighted by Gasteiger charge is -2.06. The molecule has 0 radical (unpaired) electrons. The minimum absolute atomic E-state index is 0.353. The summed E-state index contributed by atoms with van der Waals surface area (Å²) in [5.74, 6) is -0.353. The first-order chi connectivity index (χ1) is 6.54. The van der Waals surface area contributed by atoms with E-state index in [0.717, 1.165) is 4.88 Å². The maximum absolute atomic E-state index is 11.1. The van der Waals surface area contributed by atoms with Gasteiger partial charge in [0.15, 0.2) is 0 Å². The number of esters is 1. The third kappa shape index (κ3) is 2.56. The van der Waals surface area contributed by atoms with Crippen molar-refractivity contribution in [2.45, 2.75) is 26.3 Å². The number of ether oxygens (including phenoxy) is 1. The third-order valence-corrected chi connectivity index (χ3v) is 3.32. The van der Waals surface area contributed by atoms with Gasteiger partial charge in [-0.05, 0) is 25.5 Å². The van der Waals surface area contributed by atoms with Gasteiger partial charge in [0, 0.05) is 16.2 Å². The van der Waals surface area contributed by atoms with Crippen LogP contribution < -0.4 is 5.73 Å². The number of thiophene rings is 1. The lowest BCUT2D eigenvalue weighted by Crippen LogP contribution is -2.33. The predicted molar refractivity (Wildman–Crippen MR) is 57.5 cm³/mol. The quantitative estimate of drug-likeness (QED) is 0.772. The molecule has 0 saturated heterocycles. The number of hydrogen-bond donors (Lipinski definition) is 1. The average molecular weight is 213 g/mol. The summed E-state index contributed by atoms with van der Waals surface area (Å²) in [6.07, 6.45) is 0.562. The maximum atomic E-state index is 11.1. The van der Waals surface area contributed by atoms with Crippen LogP contribution >= 0.6 is 11.3 Å². The maximum Gasteiger partial charge on any atom is 0.323 e. The van der Waals surface area contributed by atoms with Crippen LogP contribution in [-0.4, -0.2) is 19.1 Å². The van der Waals surface area contributed by atoms with Gasteiger partial charge in [0.25, 0.3) is 0 Å². The number of nitrogens with two attached hydrogens (primary N) is 1. The van der Waals surface area contributed by atoms with Gasteiger partial charge in [-0.25, -0.2) is 0 Å². The second kappa shape index (κ2) is 4.57. The van der Waals surface area contributed by atoms with E-state index in [-0.39, 0.29) is 5.97 Å². The Morgan fingerprint density at radius 2 is 2.29 bits per heavy atom. The highest BCUT2D eigenvalue weighted by atomic mass is 32.1. The molecule has 14 heavy (non-hydrogen) atoms. The Morgan fingerprint density at radius 1 is 1.64 bits per heavy atom. The fourth-order valence-corrected chi connectivity index (χ4v) is 2.31. The Bertz CT molecular complexity index is 313. The molecule has 3 nitrogen and oxygen atoms in total. The second-order valence-electron chi connectivity index (χ2n) is 3.29. The number of carbonyl (C=O) groups excluding carboxylic acids is 1. The van der Waals surface area contributed by atoms with E-state index in [2.05, 4.69) is 24.7 Å². The normalized spacial score (nSPS) is 12.6. The van der Waals surface area contributed by atoms with Crippen LogP contribution in [0.3, 0.4) is 0 Å². The van der Waals surface area contributed by atoms with E-state index in [9.17, 15) is 4.79 Å². The number of aryl methyl sites for hydroxylation is 2. The molecule has 0 aliphatic heterocycles. The molecule has 0 fully saturated rings. The summed E-state index contributed by atoms with van der Waals surface area (Å²) in [5.41, 5.74) is 6.90. The van der Waals surface area contributed by atoms with Crippen LogP contribution in [0.25, 0.3) is 0 Å². The van der Waals surface area contributed by atoms with Crippen molar-refractivity contribution in [1.29, 1.82) is 0 Å². The third-order valence-electron chi connectivity index (χ3n) is 2.14. The highest BCUT2D eigenvalue weighted by molar-refractivity contribution is 7.12. The van der Waals surface area contributed by atoms with E-state index < -0.39 is 6.04 Å². The number of methoxy groups -OCH3 is 1. The van der Waals surface area contributed by atoms with Gasteiger partial charge < -0.3 is 10.5 Å². The van der Waals surface area contributed by atoms with Crippen molar-refractivity contribution in [2.24, 2.45) is 5.73 Å². The summed E-state index contributed by atoms with van der Waals surface area (Å²) in [6.45, 7) is 4.12. The summed E-state index contributed by atoms with van der Waals surface area (Å²) in [4.78, 5) is 13.5. The molecule has 2 N–H and O–H groups in total. The number of carbonyl (C=O) groups is 1. The zero-order valence-electron chi connectivity index (χ0n) is 8.66. The van der Waals surface area contributed by atoms with Crippen molar-refractivity contribution < 1.29 is 9.53 Å². The van der Waals surface area contributed by atoms with E-state index in [1.807, 2.05) is 0 Å². The lowest BCUT2D eigenvalue weighted by atomic mass is 10.2. The molecule has 4 heteroatoms. The molecule has 1 atom stereocenters. The molecule has 0 amide bonds. The van der Waals surface area contributed by atoms with E-state index >= 15 is 0 Å². The standard InChI is InChI=1S/C10H15NO2S/c1-6-4-8(14-7(6)2)5-9(11)10(12)13-3/h4,9H,5,11H2,1-3H3/t9-/m0/s1. The lowest BCUT2D eigenvalue weighted by molar-refractivity contribution is -0.142. The summed E-state index contributed by atoms with van der Waals surface area (Å²) < 4.78 is 4.56. The van der Waals surface area contributed by atoms with Crippen molar-refractivity contribution in [2.75, 3.05) is 7.11 Å². The monoisotopic (exact) mass is 213 g/mol. The summed E-state index contributed by atoms with van der Waals surface area (Å²) in [5, 5.41) is 0. The summed E-state index contributed by atoms with van der Waals surface area (Å²) in [7, 11) is 1.35. The first-order valence-corrected chi connectivity index (χ1v) is 5.25. The molecule has 78 valence electrons. The van der Waals surface area contributed by atoms with Crippen LogP contribution in [0.1, 0.15) is 15.3 Å². The molecule has 1 rings (SSSR count). The Kier molecular flexibility index (Phi) is 3.66. The van der Waals surface area contributed by atoms with Crippen LogP contribution in [0.4, 0.5) is 0 Å². The number of rotatable bonds is 3. The fourth-order valence-electron chi connectivity index (χ4n) is 1.20. The molecule has 0 saturated carbocycles. The van der Waals surface area contributed by atoms with Gasteiger partial charge in [0.05, 0.1) is 7.11 Å². The van der Waals surface area contributed by atoms with Gasteiger partial charge in [-0.15, -0.1) is 11.3 Å². The first kappa shape index (κ1) is 11.2.